The number of alkyl halides is 2. The third kappa shape index (κ3) is 2.93. The van der Waals surface area contributed by atoms with Crippen LogP contribution in [0.5, 0.6) is 0 Å². The van der Waals surface area contributed by atoms with Gasteiger partial charge in [-0.05, 0) is 63.2 Å². The number of hydrogen-bond donors (Lipinski definition) is 1. The maximum Gasteiger partial charge on any atom is 0.241 e. The van der Waals surface area contributed by atoms with E-state index in [1.807, 2.05) is 0 Å². The van der Waals surface area contributed by atoms with Crippen molar-refractivity contribution in [2.24, 2.45) is 17.8 Å². The van der Waals surface area contributed by atoms with E-state index in [4.69, 9.17) is 0 Å². The molecule has 1 N–H and O–H groups in total. The zero-order valence-corrected chi connectivity index (χ0v) is 9.75. The predicted molar refractivity (Wildman–Crippen MR) is 59.4 cm³/mol. The molecular weight excluding hydrogens is 210 g/mol. The molecule has 1 nitrogen and oxygen atoms in total. The SMILES string of the molecule is OC1CCC(C2CCC(C(F)F)CC2)CC1. The van der Waals surface area contributed by atoms with Crippen molar-refractivity contribution in [2.75, 3.05) is 0 Å². The zero-order chi connectivity index (χ0) is 11.5. The second kappa shape index (κ2) is 5.44. The molecule has 0 radical (unpaired) electrons. The van der Waals surface area contributed by atoms with Crippen molar-refractivity contribution < 1.29 is 13.9 Å². The van der Waals surface area contributed by atoms with Gasteiger partial charge in [0.15, 0.2) is 0 Å². The highest BCUT2D eigenvalue weighted by molar-refractivity contribution is 4.82. The lowest BCUT2D eigenvalue weighted by molar-refractivity contribution is 0.0278. The molecule has 94 valence electrons. The van der Waals surface area contributed by atoms with Gasteiger partial charge in [-0.15, -0.1) is 0 Å². The van der Waals surface area contributed by atoms with Gasteiger partial charge >= 0.3 is 0 Å². The van der Waals surface area contributed by atoms with Crippen molar-refractivity contribution in [2.45, 2.75) is 63.9 Å². The Bertz CT molecular complexity index is 204. The molecule has 0 aromatic heterocycles. The fourth-order valence-corrected chi connectivity index (χ4v) is 3.44. The Balaban J connectivity index is 1.76. The molecule has 0 saturated heterocycles. The van der Waals surface area contributed by atoms with Crippen LogP contribution in [-0.4, -0.2) is 17.6 Å². The largest absolute Gasteiger partial charge is 0.393 e. The Kier molecular flexibility index (Phi) is 4.17. The molecule has 16 heavy (non-hydrogen) atoms. The smallest absolute Gasteiger partial charge is 0.241 e. The Morgan fingerprint density at radius 2 is 1.19 bits per heavy atom. The van der Waals surface area contributed by atoms with E-state index in [0.29, 0.717) is 24.7 Å². The second-order valence-electron chi connectivity index (χ2n) is 5.58. The van der Waals surface area contributed by atoms with E-state index in [2.05, 4.69) is 0 Å². The van der Waals surface area contributed by atoms with Crippen LogP contribution in [0.2, 0.25) is 0 Å². The highest BCUT2D eigenvalue weighted by Gasteiger charge is 2.32. The average Bonchev–Trinajstić information content (AvgIpc) is 2.30. The maximum atomic E-state index is 12.5. The average molecular weight is 232 g/mol. The quantitative estimate of drug-likeness (QED) is 0.771. The molecule has 2 aliphatic carbocycles. The van der Waals surface area contributed by atoms with Crippen LogP contribution in [0.3, 0.4) is 0 Å². The van der Waals surface area contributed by atoms with Crippen molar-refractivity contribution in [3.8, 4) is 0 Å². The summed E-state index contributed by atoms with van der Waals surface area (Å²) in [5.41, 5.74) is 0. The third-order valence-electron chi connectivity index (χ3n) is 4.58. The summed E-state index contributed by atoms with van der Waals surface area (Å²) in [4.78, 5) is 0. The molecule has 3 heteroatoms. The standard InChI is InChI=1S/C13H22F2O/c14-13(15)11-3-1-9(2-4-11)10-5-7-12(16)8-6-10/h9-13,16H,1-8H2. The molecule has 2 saturated carbocycles. The molecule has 0 aromatic carbocycles. The van der Waals surface area contributed by atoms with Crippen LogP contribution < -0.4 is 0 Å². The summed E-state index contributed by atoms with van der Waals surface area (Å²) >= 11 is 0. The van der Waals surface area contributed by atoms with Crippen LogP contribution >= 0.6 is 0 Å². The Hall–Kier alpha value is -0.180. The van der Waals surface area contributed by atoms with E-state index in [9.17, 15) is 13.9 Å². The van der Waals surface area contributed by atoms with Crippen LogP contribution in [-0.2, 0) is 0 Å². The van der Waals surface area contributed by atoms with E-state index < -0.39 is 6.43 Å². The molecule has 0 aliphatic heterocycles. The zero-order valence-electron chi connectivity index (χ0n) is 9.75. The van der Waals surface area contributed by atoms with Gasteiger partial charge in [-0.25, -0.2) is 8.78 Å². The van der Waals surface area contributed by atoms with Gasteiger partial charge in [-0.1, -0.05) is 0 Å². The van der Waals surface area contributed by atoms with Crippen LogP contribution in [0.4, 0.5) is 8.78 Å². The molecule has 0 aromatic rings. The van der Waals surface area contributed by atoms with Crippen molar-refractivity contribution in [3.05, 3.63) is 0 Å². The first-order valence-electron chi connectivity index (χ1n) is 6.63. The van der Waals surface area contributed by atoms with E-state index in [-0.39, 0.29) is 12.0 Å². The summed E-state index contributed by atoms with van der Waals surface area (Å²) in [5.74, 6) is 1.01. The summed E-state index contributed by atoms with van der Waals surface area (Å²) in [5, 5.41) is 9.44. The first kappa shape index (κ1) is 12.3. The number of aliphatic hydroxyl groups excluding tert-OH is 1. The van der Waals surface area contributed by atoms with Gasteiger partial charge in [0.1, 0.15) is 0 Å². The van der Waals surface area contributed by atoms with Gasteiger partial charge in [0.25, 0.3) is 0 Å². The van der Waals surface area contributed by atoms with Crippen molar-refractivity contribution in [3.63, 3.8) is 0 Å². The topological polar surface area (TPSA) is 20.2 Å². The summed E-state index contributed by atoms with van der Waals surface area (Å²) in [6.45, 7) is 0. The molecule has 0 heterocycles. The summed E-state index contributed by atoms with van der Waals surface area (Å²) in [6, 6.07) is 0. The van der Waals surface area contributed by atoms with Crippen molar-refractivity contribution >= 4 is 0 Å². The molecule has 0 bridgehead atoms. The summed E-state index contributed by atoms with van der Waals surface area (Å²) in [7, 11) is 0. The first-order chi connectivity index (χ1) is 7.66. The minimum atomic E-state index is -2.12. The highest BCUT2D eigenvalue weighted by Crippen LogP contribution is 2.41. The number of rotatable bonds is 2. The van der Waals surface area contributed by atoms with Gasteiger partial charge < -0.3 is 5.11 Å². The van der Waals surface area contributed by atoms with Gasteiger partial charge in [0, 0.05) is 5.92 Å². The lowest BCUT2D eigenvalue weighted by Crippen LogP contribution is -2.28. The molecule has 0 unspecified atom stereocenters. The molecule has 2 rings (SSSR count). The summed E-state index contributed by atoms with van der Waals surface area (Å²) < 4.78 is 25.0. The van der Waals surface area contributed by atoms with Gasteiger partial charge in [-0.2, -0.15) is 0 Å². The van der Waals surface area contributed by atoms with Gasteiger partial charge in [0.05, 0.1) is 6.10 Å². The van der Waals surface area contributed by atoms with E-state index >= 15 is 0 Å². The van der Waals surface area contributed by atoms with Gasteiger partial charge in [0.2, 0.25) is 6.43 Å². The Morgan fingerprint density at radius 3 is 1.62 bits per heavy atom. The van der Waals surface area contributed by atoms with E-state index in [1.165, 1.54) is 0 Å². The monoisotopic (exact) mass is 232 g/mol. The van der Waals surface area contributed by atoms with Crippen LogP contribution in [0.1, 0.15) is 51.4 Å². The van der Waals surface area contributed by atoms with E-state index in [1.54, 1.807) is 0 Å². The lowest BCUT2D eigenvalue weighted by atomic mass is 9.70. The first-order valence-corrected chi connectivity index (χ1v) is 6.63. The van der Waals surface area contributed by atoms with Gasteiger partial charge in [-0.3, -0.25) is 0 Å². The third-order valence-corrected chi connectivity index (χ3v) is 4.58. The van der Waals surface area contributed by atoms with Crippen molar-refractivity contribution in [1.82, 2.24) is 0 Å². The Morgan fingerprint density at radius 1 is 0.750 bits per heavy atom. The predicted octanol–water partition coefficient (Wildman–Crippen LogP) is 3.61. The number of hydrogen-bond acceptors (Lipinski definition) is 1. The normalized spacial score (nSPS) is 41.2. The van der Waals surface area contributed by atoms with Crippen molar-refractivity contribution in [1.29, 1.82) is 0 Å². The maximum absolute atomic E-state index is 12.5. The minimum Gasteiger partial charge on any atom is -0.393 e. The Labute approximate surface area is 96.2 Å². The fourth-order valence-electron chi connectivity index (χ4n) is 3.44. The molecule has 0 spiro atoms. The number of aliphatic hydroxyl groups is 1. The lowest BCUT2D eigenvalue weighted by Gasteiger charge is -2.36. The molecule has 2 fully saturated rings. The fraction of sp³-hybridized carbons (Fsp3) is 1.00. The molecule has 0 atom stereocenters. The van der Waals surface area contributed by atoms with E-state index in [0.717, 1.165) is 38.5 Å². The van der Waals surface area contributed by atoms with Crippen LogP contribution in [0, 0.1) is 17.8 Å². The molecular formula is C13H22F2O. The summed E-state index contributed by atoms with van der Waals surface area (Å²) in [6.07, 6.45) is 5.20. The molecule has 2 aliphatic rings. The van der Waals surface area contributed by atoms with Crippen LogP contribution in [0.25, 0.3) is 0 Å². The minimum absolute atomic E-state index is 0.103. The second-order valence-corrected chi connectivity index (χ2v) is 5.58. The highest BCUT2D eigenvalue weighted by atomic mass is 19.3. The molecule has 0 amide bonds. The van der Waals surface area contributed by atoms with Crippen LogP contribution in [0.15, 0.2) is 0 Å². The number of halogens is 2.